The topological polar surface area (TPSA) is 48.9 Å². The van der Waals surface area contributed by atoms with E-state index in [0.717, 1.165) is 21.4 Å². The van der Waals surface area contributed by atoms with Crippen LogP contribution < -0.4 is 0 Å². The quantitative estimate of drug-likeness (QED) is 0.908. The van der Waals surface area contributed by atoms with E-state index in [1.54, 1.807) is 12.4 Å². The fourth-order valence-corrected chi connectivity index (χ4v) is 2.29. The van der Waals surface area contributed by atoms with Gasteiger partial charge in [0.1, 0.15) is 5.82 Å². The second kappa shape index (κ2) is 4.80. The standard InChI is InChI=1S/C12H13BrN2O/c1-8-4-9(6-10(13)5-8)11(16)7-12-14-2-3-15-12/h2-6,11,16H,7H2,1H3,(H,14,15). The number of aromatic amines is 1. The first-order chi connectivity index (χ1) is 7.65. The van der Waals surface area contributed by atoms with Crippen molar-refractivity contribution in [3.8, 4) is 0 Å². The molecule has 0 spiro atoms. The number of nitrogens with zero attached hydrogens (tertiary/aromatic N) is 1. The molecule has 0 amide bonds. The first-order valence-corrected chi connectivity index (χ1v) is 5.88. The third kappa shape index (κ3) is 2.71. The minimum Gasteiger partial charge on any atom is -0.388 e. The lowest BCUT2D eigenvalue weighted by Crippen LogP contribution is -2.03. The summed E-state index contributed by atoms with van der Waals surface area (Å²) in [6.45, 7) is 2.01. The van der Waals surface area contributed by atoms with E-state index < -0.39 is 6.10 Å². The Labute approximate surface area is 103 Å². The molecule has 0 fully saturated rings. The maximum atomic E-state index is 10.1. The van der Waals surface area contributed by atoms with Gasteiger partial charge < -0.3 is 10.1 Å². The van der Waals surface area contributed by atoms with Gasteiger partial charge in [0.2, 0.25) is 0 Å². The summed E-state index contributed by atoms with van der Waals surface area (Å²) >= 11 is 3.42. The van der Waals surface area contributed by atoms with Gasteiger partial charge in [-0.15, -0.1) is 0 Å². The van der Waals surface area contributed by atoms with Gasteiger partial charge in [-0.1, -0.05) is 22.0 Å². The summed E-state index contributed by atoms with van der Waals surface area (Å²) in [5, 5.41) is 10.1. The molecule has 0 saturated heterocycles. The highest BCUT2D eigenvalue weighted by Crippen LogP contribution is 2.22. The van der Waals surface area contributed by atoms with Crippen molar-refractivity contribution in [2.45, 2.75) is 19.4 Å². The largest absolute Gasteiger partial charge is 0.388 e. The fourth-order valence-electron chi connectivity index (χ4n) is 1.67. The van der Waals surface area contributed by atoms with Crippen LogP contribution >= 0.6 is 15.9 Å². The van der Waals surface area contributed by atoms with Crippen molar-refractivity contribution >= 4 is 15.9 Å². The summed E-state index contributed by atoms with van der Waals surface area (Å²) in [5.74, 6) is 0.796. The number of nitrogens with one attached hydrogen (secondary N) is 1. The lowest BCUT2D eigenvalue weighted by atomic mass is 10.0. The normalized spacial score (nSPS) is 12.7. The molecular weight excluding hydrogens is 268 g/mol. The number of imidazole rings is 1. The second-order valence-corrected chi connectivity index (χ2v) is 4.73. The summed E-state index contributed by atoms with van der Waals surface area (Å²) < 4.78 is 0.987. The third-order valence-corrected chi connectivity index (χ3v) is 2.85. The molecule has 4 heteroatoms. The number of aryl methyl sites for hydroxylation is 1. The van der Waals surface area contributed by atoms with Crippen LogP contribution in [-0.2, 0) is 6.42 Å². The maximum Gasteiger partial charge on any atom is 0.108 e. The summed E-state index contributed by atoms with van der Waals surface area (Å²) in [6, 6.07) is 5.93. The average Bonchev–Trinajstić information content (AvgIpc) is 2.68. The van der Waals surface area contributed by atoms with E-state index in [2.05, 4.69) is 25.9 Å². The van der Waals surface area contributed by atoms with Gasteiger partial charge in [0, 0.05) is 23.3 Å². The van der Waals surface area contributed by atoms with Crippen molar-refractivity contribution in [2.24, 2.45) is 0 Å². The van der Waals surface area contributed by atoms with E-state index in [-0.39, 0.29) is 0 Å². The Balaban J connectivity index is 2.17. The van der Waals surface area contributed by atoms with Gasteiger partial charge in [-0.25, -0.2) is 4.98 Å². The molecule has 2 N–H and O–H groups in total. The molecule has 0 bridgehead atoms. The van der Waals surface area contributed by atoms with Crippen LogP contribution in [0.1, 0.15) is 23.1 Å². The zero-order valence-corrected chi connectivity index (χ0v) is 10.5. The number of aromatic nitrogens is 2. The molecule has 1 unspecified atom stereocenters. The Morgan fingerprint density at radius 1 is 1.44 bits per heavy atom. The highest BCUT2D eigenvalue weighted by molar-refractivity contribution is 9.10. The number of hydrogen-bond acceptors (Lipinski definition) is 2. The summed E-state index contributed by atoms with van der Waals surface area (Å²) in [7, 11) is 0. The fraction of sp³-hybridized carbons (Fsp3) is 0.250. The van der Waals surface area contributed by atoms with E-state index in [1.807, 2.05) is 25.1 Å². The lowest BCUT2D eigenvalue weighted by Gasteiger charge is -2.10. The molecule has 1 atom stereocenters. The molecular formula is C12H13BrN2O. The Hall–Kier alpha value is -1.13. The maximum absolute atomic E-state index is 10.1. The number of halogens is 1. The van der Waals surface area contributed by atoms with Crippen LogP contribution in [0.3, 0.4) is 0 Å². The van der Waals surface area contributed by atoms with E-state index in [4.69, 9.17) is 0 Å². The Morgan fingerprint density at radius 2 is 2.25 bits per heavy atom. The minimum absolute atomic E-state index is 0.503. The van der Waals surface area contributed by atoms with E-state index in [1.165, 1.54) is 0 Å². The van der Waals surface area contributed by atoms with Crippen molar-refractivity contribution in [2.75, 3.05) is 0 Å². The van der Waals surface area contributed by atoms with Crippen molar-refractivity contribution in [1.29, 1.82) is 0 Å². The van der Waals surface area contributed by atoms with Crippen LogP contribution in [0.25, 0.3) is 0 Å². The van der Waals surface area contributed by atoms with Crippen molar-refractivity contribution in [3.05, 3.63) is 52.0 Å². The summed E-state index contributed by atoms with van der Waals surface area (Å²) in [6.07, 6.45) is 3.42. The van der Waals surface area contributed by atoms with Crippen molar-refractivity contribution < 1.29 is 5.11 Å². The van der Waals surface area contributed by atoms with Crippen LogP contribution in [0.2, 0.25) is 0 Å². The molecule has 1 aromatic carbocycles. The highest BCUT2D eigenvalue weighted by atomic mass is 79.9. The zero-order chi connectivity index (χ0) is 11.5. The van der Waals surface area contributed by atoms with Gasteiger partial charge in [0.15, 0.2) is 0 Å². The molecule has 0 saturated carbocycles. The lowest BCUT2D eigenvalue weighted by molar-refractivity contribution is 0.176. The van der Waals surface area contributed by atoms with Crippen LogP contribution in [0.5, 0.6) is 0 Å². The monoisotopic (exact) mass is 280 g/mol. The molecule has 2 aromatic rings. The molecule has 0 aliphatic carbocycles. The van der Waals surface area contributed by atoms with Crippen LogP contribution in [0.15, 0.2) is 35.1 Å². The molecule has 2 rings (SSSR count). The summed E-state index contributed by atoms with van der Waals surface area (Å²) in [4.78, 5) is 7.08. The number of aliphatic hydroxyl groups excluding tert-OH is 1. The highest BCUT2D eigenvalue weighted by Gasteiger charge is 2.10. The first kappa shape index (κ1) is 11.4. The van der Waals surface area contributed by atoms with Crippen LogP contribution in [0, 0.1) is 6.92 Å². The average molecular weight is 281 g/mol. The Kier molecular flexibility index (Phi) is 3.41. The number of rotatable bonds is 3. The van der Waals surface area contributed by atoms with E-state index in [0.29, 0.717) is 6.42 Å². The van der Waals surface area contributed by atoms with E-state index >= 15 is 0 Å². The number of H-pyrrole nitrogens is 1. The van der Waals surface area contributed by atoms with Gasteiger partial charge >= 0.3 is 0 Å². The zero-order valence-electron chi connectivity index (χ0n) is 8.94. The van der Waals surface area contributed by atoms with Gasteiger partial charge in [-0.2, -0.15) is 0 Å². The molecule has 16 heavy (non-hydrogen) atoms. The minimum atomic E-state index is -0.526. The summed E-state index contributed by atoms with van der Waals surface area (Å²) in [5.41, 5.74) is 2.03. The predicted molar refractivity (Wildman–Crippen MR) is 66.1 cm³/mol. The van der Waals surface area contributed by atoms with Gasteiger partial charge in [0.25, 0.3) is 0 Å². The SMILES string of the molecule is Cc1cc(Br)cc(C(O)Cc2ncc[nH]2)c1. The molecule has 84 valence electrons. The van der Waals surface area contributed by atoms with Crippen molar-refractivity contribution in [1.82, 2.24) is 9.97 Å². The molecule has 0 radical (unpaired) electrons. The molecule has 0 aliphatic rings. The van der Waals surface area contributed by atoms with Crippen LogP contribution in [-0.4, -0.2) is 15.1 Å². The smallest absolute Gasteiger partial charge is 0.108 e. The number of hydrogen-bond donors (Lipinski definition) is 2. The third-order valence-electron chi connectivity index (χ3n) is 2.39. The molecule has 0 aliphatic heterocycles. The Bertz CT molecular complexity index is 448. The van der Waals surface area contributed by atoms with Crippen LogP contribution in [0.4, 0.5) is 0 Å². The molecule has 1 heterocycles. The second-order valence-electron chi connectivity index (χ2n) is 3.82. The van der Waals surface area contributed by atoms with Gasteiger partial charge in [0.05, 0.1) is 6.10 Å². The first-order valence-electron chi connectivity index (χ1n) is 5.08. The van der Waals surface area contributed by atoms with E-state index in [9.17, 15) is 5.11 Å². The Morgan fingerprint density at radius 3 is 2.88 bits per heavy atom. The predicted octanol–water partition coefficient (Wildman–Crippen LogP) is 2.76. The van der Waals surface area contributed by atoms with Gasteiger partial charge in [-0.05, 0) is 30.2 Å². The molecule has 1 aromatic heterocycles. The van der Waals surface area contributed by atoms with Crippen molar-refractivity contribution in [3.63, 3.8) is 0 Å². The number of aliphatic hydroxyl groups is 1. The van der Waals surface area contributed by atoms with Gasteiger partial charge in [-0.3, -0.25) is 0 Å². The molecule has 3 nitrogen and oxygen atoms in total. The number of benzene rings is 1.